The van der Waals surface area contributed by atoms with E-state index in [1.807, 2.05) is 6.92 Å². The molecule has 118 valence electrons. The molecule has 1 aliphatic rings. The summed E-state index contributed by atoms with van der Waals surface area (Å²) in [6, 6.07) is 0.461. The van der Waals surface area contributed by atoms with Crippen LogP contribution in [0.25, 0.3) is 0 Å². The van der Waals surface area contributed by atoms with Gasteiger partial charge in [-0.05, 0) is 53.5 Å². The Bertz CT molecular complexity index is 323. The molecule has 1 atom stereocenters. The van der Waals surface area contributed by atoms with Gasteiger partial charge in [0, 0.05) is 23.7 Å². The van der Waals surface area contributed by atoms with Gasteiger partial charge in [0.05, 0.1) is 5.92 Å². The number of carbonyl (C=O) groups is 1. The number of aliphatic carboxylic acids is 1. The minimum absolute atomic E-state index is 0.102. The van der Waals surface area contributed by atoms with E-state index in [4.69, 9.17) is 5.11 Å². The van der Waals surface area contributed by atoms with Crippen LogP contribution >= 0.6 is 0 Å². The largest absolute Gasteiger partial charge is 0.481 e. The van der Waals surface area contributed by atoms with Crippen LogP contribution < -0.4 is 5.32 Å². The van der Waals surface area contributed by atoms with Crippen LogP contribution in [-0.4, -0.2) is 46.2 Å². The third-order valence-corrected chi connectivity index (χ3v) is 4.13. The van der Waals surface area contributed by atoms with Gasteiger partial charge in [-0.25, -0.2) is 0 Å². The van der Waals surface area contributed by atoms with Gasteiger partial charge in [0.25, 0.3) is 0 Å². The predicted octanol–water partition coefficient (Wildman–Crippen LogP) is 2.73. The topological polar surface area (TPSA) is 52.6 Å². The van der Waals surface area contributed by atoms with Crippen molar-refractivity contribution in [3.63, 3.8) is 0 Å². The lowest BCUT2D eigenvalue weighted by atomic mass is 9.78. The van der Waals surface area contributed by atoms with Crippen LogP contribution in [0.3, 0.4) is 0 Å². The molecule has 1 saturated heterocycles. The van der Waals surface area contributed by atoms with Gasteiger partial charge in [0.2, 0.25) is 0 Å². The fraction of sp³-hybridized carbons (Fsp3) is 0.938. The molecule has 0 aromatic rings. The normalized spacial score (nSPS) is 23.8. The molecule has 4 heteroatoms. The maximum Gasteiger partial charge on any atom is 0.307 e. The first-order valence-electron chi connectivity index (χ1n) is 7.82. The molecule has 20 heavy (non-hydrogen) atoms. The average Bonchev–Trinajstić information content (AvgIpc) is 2.23. The molecule has 0 radical (unpaired) electrons. The minimum atomic E-state index is -0.696. The Morgan fingerprint density at radius 2 is 1.80 bits per heavy atom. The SMILES string of the molecule is CCCN(CC(C)C(=O)O)C1CC(C)(C)NC(C)(C)C1. The lowest BCUT2D eigenvalue weighted by molar-refractivity contribution is -0.142. The van der Waals surface area contributed by atoms with Crippen molar-refractivity contribution < 1.29 is 9.90 Å². The standard InChI is InChI=1S/C16H32N2O2/c1-7-8-18(11-12(2)14(19)20)13-9-15(3,4)17-16(5,6)10-13/h12-13,17H,7-11H2,1-6H3,(H,19,20). The molecule has 0 amide bonds. The summed E-state index contributed by atoms with van der Waals surface area (Å²) in [5, 5.41) is 12.9. The van der Waals surface area contributed by atoms with Gasteiger partial charge in [-0.2, -0.15) is 0 Å². The van der Waals surface area contributed by atoms with Crippen LogP contribution in [0.4, 0.5) is 0 Å². The first-order valence-corrected chi connectivity index (χ1v) is 7.82. The Hall–Kier alpha value is -0.610. The smallest absolute Gasteiger partial charge is 0.307 e. The molecule has 2 N–H and O–H groups in total. The monoisotopic (exact) mass is 284 g/mol. The van der Waals surface area contributed by atoms with Gasteiger partial charge in [-0.3, -0.25) is 9.69 Å². The first kappa shape index (κ1) is 17.4. The highest BCUT2D eigenvalue weighted by Gasteiger charge is 2.40. The van der Waals surface area contributed by atoms with E-state index in [0.717, 1.165) is 25.8 Å². The van der Waals surface area contributed by atoms with Crippen LogP contribution in [0.5, 0.6) is 0 Å². The van der Waals surface area contributed by atoms with Gasteiger partial charge in [-0.15, -0.1) is 0 Å². The lowest BCUT2D eigenvalue weighted by Gasteiger charge is -2.50. The van der Waals surface area contributed by atoms with Gasteiger partial charge < -0.3 is 10.4 Å². The van der Waals surface area contributed by atoms with E-state index in [0.29, 0.717) is 12.6 Å². The van der Waals surface area contributed by atoms with Crippen molar-refractivity contribution in [2.45, 2.75) is 77.9 Å². The van der Waals surface area contributed by atoms with Gasteiger partial charge in [-0.1, -0.05) is 13.8 Å². The Kier molecular flexibility index (Phi) is 5.61. The molecule has 4 nitrogen and oxygen atoms in total. The summed E-state index contributed by atoms with van der Waals surface area (Å²) in [6.45, 7) is 14.6. The van der Waals surface area contributed by atoms with Crippen molar-refractivity contribution in [2.75, 3.05) is 13.1 Å². The molecular formula is C16H32N2O2. The molecule has 0 aromatic carbocycles. The zero-order valence-electron chi connectivity index (χ0n) is 14.0. The Morgan fingerprint density at radius 3 is 2.20 bits per heavy atom. The Morgan fingerprint density at radius 1 is 1.30 bits per heavy atom. The van der Waals surface area contributed by atoms with E-state index in [-0.39, 0.29) is 17.0 Å². The van der Waals surface area contributed by atoms with Crippen molar-refractivity contribution in [1.82, 2.24) is 10.2 Å². The third kappa shape index (κ3) is 5.06. The molecule has 1 aliphatic heterocycles. The molecule has 1 unspecified atom stereocenters. The van der Waals surface area contributed by atoms with E-state index >= 15 is 0 Å². The number of piperidine rings is 1. The summed E-state index contributed by atoms with van der Waals surface area (Å²) in [5.41, 5.74) is 0.204. The summed E-state index contributed by atoms with van der Waals surface area (Å²) in [7, 11) is 0. The second-order valence-electron chi connectivity index (χ2n) is 7.69. The second-order valence-corrected chi connectivity index (χ2v) is 7.69. The van der Waals surface area contributed by atoms with Crippen molar-refractivity contribution in [2.24, 2.45) is 5.92 Å². The van der Waals surface area contributed by atoms with Crippen molar-refractivity contribution in [1.29, 1.82) is 0 Å². The number of carboxylic acids is 1. The van der Waals surface area contributed by atoms with E-state index in [9.17, 15) is 4.79 Å². The summed E-state index contributed by atoms with van der Waals surface area (Å²) < 4.78 is 0. The molecule has 0 aliphatic carbocycles. The van der Waals surface area contributed by atoms with Gasteiger partial charge in [0.15, 0.2) is 0 Å². The zero-order chi connectivity index (χ0) is 15.6. The summed E-state index contributed by atoms with van der Waals surface area (Å²) in [6.07, 6.45) is 3.21. The van der Waals surface area contributed by atoms with E-state index < -0.39 is 5.97 Å². The number of rotatable bonds is 6. The van der Waals surface area contributed by atoms with Crippen LogP contribution in [0.1, 0.15) is 60.8 Å². The third-order valence-electron chi connectivity index (χ3n) is 4.13. The Balaban J connectivity index is 2.82. The van der Waals surface area contributed by atoms with Crippen LogP contribution in [0.2, 0.25) is 0 Å². The molecular weight excluding hydrogens is 252 g/mol. The quantitative estimate of drug-likeness (QED) is 0.787. The first-order chi connectivity index (χ1) is 9.06. The molecule has 0 bridgehead atoms. The molecule has 1 fully saturated rings. The van der Waals surface area contributed by atoms with Gasteiger partial charge in [0.1, 0.15) is 0 Å². The zero-order valence-corrected chi connectivity index (χ0v) is 14.0. The molecule has 1 rings (SSSR count). The number of hydrogen-bond donors (Lipinski definition) is 2. The molecule has 0 saturated carbocycles. The van der Waals surface area contributed by atoms with E-state index in [2.05, 4.69) is 44.8 Å². The van der Waals surface area contributed by atoms with Crippen molar-refractivity contribution >= 4 is 5.97 Å². The van der Waals surface area contributed by atoms with Crippen molar-refractivity contribution in [3.05, 3.63) is 0 Å². The summed E-state index contributed by atoms with van der Waals surface area (Å²) in [4.78, 5) is 13.5. The maximum atomic E-state index is 11.1. The summed E-state index contributed by atoms with van der Waals surface area (Å²) >= 11 is 0. The minimum Gasteiger partial charge on any atom is -0.481 e. The fourth-order valence-corrected chi connectivity index (χ4v) is 3.67. The number of carboxylic acid groups (broad SMARTS) is 1. The van der Waals surface area contributed by atoms with Crippen LogP contribution in [-0.2, 0) is 4.79 Å². The summed E-state index contributed by atoms with van der Waals surface area (Å²) in [5.74, 6) is -0.999. The highest BCUT2D eigenvalue weighted by molar-refractivity contribution is 5.69. The molecule has 0 spiro atoms. The van der Waals surface area contributed by atoms with Crippen LogP contribution in [0.15, 0.2) is 0 Å². The van der Waals surface area contributed by atoms with Gasteiger partial charge >= 0.3 is 5.97 Å². The van der Waals surface area contributed by atoms with Crippen molar-refractivity contribution in [3.8, 4) is 0 Å². The number of nitrogens with one attached hydrogen (secondary N) is 1. The highest BCUT2D eigenvalue weighted by atomic mass is 16.4. The fourth-order valence-electron chi connectivity index (χ4n) is 3.67. The van der Waals surface area contributed by atoms with E-state index in [1.54, 1.807) is 0 Å². The predicted molar refractivity (Wildman–Crippen MR) is 83.0 cm³/mol. The average molecular weight is 284 g/mol. The lowest BCUT2D eigenvalue weighted by Crippen LogP contribution is -2.62. The number of nitrogens with zero attached hydrogens (tertiary/aromatic N) is 1. The molecule has 1 heterocycles. The second kappa shape index (κ2) is 6.44. The number of hydrogen-bond acceptors (Lipinski definition) is 3. The van der Waals surface area contributed by atoms with E-state index in [1.165, 1.54) is 0 Å². The highest BCUT2D eigenvalue weighted by Crippen LogP contribution is 2.32. The Labute approximate surface area is 123 Å². The van der Waals surface area contributed by atoms with Crippen LogP contribution in [0, 0.1) is 5.92 Å². The maximum absolute atomic E-state index is 11.1. The molecule has 0 aromatic heterocycles.